The van der Waals surface area contributed by atoms with Crippen molar-refractivity contribution in [1.29, 1.82) is 0 Å². The van der Waals surface area contributed by atoms with E-state index in [9.17, 15) is 5.11 Å². The van der Waals surface area contributed by atoms with Gasteiger partial charge in [-0.15, -0.1) is 0 Å². The van der Waals surface area contributed by atoms with E-state index in [0.717, 1.165) is 12.1 Å². The molecule has 0 radical (unpaired) electrons. The minimum absolute atomic E-state index is 0.294. The fourth-order valence-electron chi connectivity index (χ4n) is 2.61. The van der Waals surface area contributed by atoms with Crippen LogP contribution in [0.25, 0.3) is 10.8 Å². The van der Waals surface area contributed by atoms with Crippen LogP contribution in [0, 0.1) is 0 Å². The van der Waals surface area contributed by atoms with Crippen molar-refractivity contribution in [3.63, 3.8) is 0 Å². The van der Waals surface area contributed by atoms with Gasteiger partial charge in [-0.2, -0.15) is 0 Å². The Morgan fingerprint density at radius 2 is 1.52 bits per heavy atom. The monoisotopic (exact) mass is 307 g/mol. The molecule has 1 atom stereocenters. The van der Waals surface area contributed by atoms with Crippen molar-refractivity contribution in [2.45, 2.75) is 33.2 Å². The SMILES string of the molecule is CC.CC(Cc1ccc2ccccc2c1)Nc1ccc(O)cc1. The third-order valence-corrected chi connectivity index (χ3v) is 3.64. The lowest BCUT2D eigenvalue weighted by atomic mass is 10.0. The summed E-state index contributed by atoms with van der Waals surface area (Å²) in [6.45, 7) is 6.17. The second-order valence-corrected chi connectivity index (χ2v) is 5.48. The topological polar surface area (TPSA) is 32.3 Å². The van der Waals surface area contributed by atoms with Crippen molar-refractivity contribution in [1.82, 2.24) is 0 Å². The molecule has 2 N–H and O–H groups in total. The summed E-state index contributed by atoms with van der Waals surface area (Å²) in [7, 11) is 0. The quantitative estimate of drug-likeness (QED) is 0.614. The first-order chi connectivity index (χ1) is 11.2. The predicted molar refractivity (Wildman–Crippen MR) is 100 cm³/mol. The van der Waals surface area contributed by atoms with Crippen LogP contribution in [-0.2, 0) is 6.42 Å². The van der Waals surface area contributed by atoms with Crippen LogP contribution in [0.3, 0.4) is 0 Å². The Kier molecular flexibility index (Phi) is 6.04. The molecule has 0 fully saturated rings. The Morgan fingerprint density at radius 1 is 0.870 bits per heavy atom. The molecule has 0 amide bonds. The highest BCUT2D eigenvalue weighted by Crippen LogP contribution is 2.19. The van der Waals surface area contributed by atoms with Crippen molar-refractivity contribution < 1.29 is 5.11 Å². The molecule has 0 saturated heterocycles. The number of phenols is 1. The highest BCUT2D eigenvalue weighted by Gasteiger charge is 2.04. The molecule has 0 saturated carbocycles. The Morgan fingerprint density at radius 3 is 2.22 bits per heavy atom. The largest absolute Gasteiger partial charge is 0.508 e. The zero-order chi connectivity index (χ0) is 16.7. The molecule has 1 unspecified atom stereocenters. The maximum absolute atomic E-state index is 9.30. The molecule has 0 bridgehead atoms. The summed E-state index contributed by atoms with van der Waals surface area (Å²) >= 11 is 0. The number of aromatic hydroxyl groups is 1. The summed E-state index contributed by atoms with van der Waals surface area (Å²) < 4.78 is 0. The first-order valence-electron chi connectivity index (χ1n) is 8.24. The fourth-order valence-corrected chi connectivity index (χ4v) is 2.61. The molecule has 3 rings (SSSR count). The highest BCUT2D eigenvalue weighted by atomic mass is 16.3. The lowest BCUT2D eigenvalue weighted by molar-refractivity contribution is 0.475. The lowest BCUT2D eigenvalue weighted by Gasteiger charge is -2.15. The van der Waals surface area contributed by atoms with Gasteiger partial charge >= 0.3 is 0 Å². The summed E-state index contributed by atoms with van der Waals surface area (Å²) in [5.41, 5.74) is 2.36. The zero-order valence-corrected chi connectivity index (χ0v) is 14.1. The van der Waals surface area contributed by atoms with Crippen LogP contribution in [0.5, 0.6) is 5.75 Å². The molecule has 120 valence electrons. The third-order valence-electron chi connectivity index (χ3n) is 3.64. The molecule has 2 heteroatoms. The molecule has 23 heavy (non-hydrogen) atoms. The normalized spacial score (nSPS) is 11.4. The Labute approximate surface area is 138 Å². The first kappa shape index (κ1) is 16.9. The Bertz CT molecular complexity index is 734. The van der Waals surface area contributed by atoms with Gasteiger partial charge in [0.05, 0.1) is 0 Å². The van der Waals surface area contributed by atoms with Crippen LogP contribution in [0.2, 0.25) is 0 Å². The van der Waals surface area contributed by atoms with Crippen molar-refractivity contribution in [2.75, 3.05) is 5.32 Å². The average Bonchev–Trinajstić information content (AvgIpc) is 2.58. The van der Waals surface area contributed by atoms with Gasteiger partial charge in [0.15, 0.2) is 0 Å². The molecule has 0 spiro atoms. The summed E-state index contributed by atoms with van der Waals surface area (Å²) in [6.07, 6.45) is 0.964. The van der Waals surface area contributed by atoms with E-state index in [4.69, 9.17) is 0 Å². The van der Waals surface area contributed by atoms with E-state index >= 15 is 0 Å². The van der Waals surface area contributed by atoms with Crippen LogP contribution in [-0.4, -0.2) is 11.1 Å². The molecule has 0 aliphatic heterocycles. The van der Waals surface area contributed by atoms with Crippen molar-refractivity contribution in [3.05, 3.63) is 72.3 Å². The van der Waals surface area contributed by atoms with E-state index in [1.807, 2.05) is 26.0 Å². The number of anilines is 1. The van der Waals surface area contributed by atoms with E-state index in [2.05, 4.69) is 54.7 Å². The van der Waals surface area contributed by atoms with E-state index in [1.54, 1.807) is 12.1 Å². The van der Waals surface area contributed by atoms with Gasteiger partial charge in [0.1, 0.15) is 5.75 Å². The van der Waals surface area contributed by atoms with Gasteiger partial charge in [-0.05, 0) is 53.9 Å². The smallest absolute Gasteiger partial charge is 0.115 e. The van der Waals surface area contributed by atoms with Crippen LogP contribution >= 0.6 is 0 Å². The fraction of sp³-hybridized carbons (Fsp3) is 0.238. The maximum atomic E-state index is 9.30. The highest BCUT2D eigenvalue weighted by molar-refractivity contribution is 5.83. The number of nitrogens with one attached hydrogen (secondary N) is 1. The minimum Gasteiger partial charge on any atom is -0.508 e. The molecule has 0 aromatic heterocycles. The molecular weight excluding hydrogens is 282 g/mol. The third kappa shape index (κ3) is 4.75. The van der Waals surface area contributed by atoms with Crippen LogP contribution < -0.4 is 5.32 Å². The standard InChI is InChI=1S/C19H19NO.C2H6/c1-14(20-18-8-10-19(21)11-9-18)12-15-6-7-16-4-2-3-5-17(16)13-15;1-2/h2-11,13-14,20-21H,12H2,1H3;1-2H3. The maximum Gasteiger partial charge on any atom is 0.115 e. The number of benzene rings is 3. The van der Waals surface area contributed by atoms with Gasteiger partial charge in [-0.25, -0.2) is 0 Å². The van der Waals surface area contributed by atoms with Crippen molar-refractivity contribution in [2.24, 2.45) is 0 Å². The second kappa shape index (κ2) is 8.23. The molecule has 2 nitrogen and oxygen atoms in total. The summed E-state index contributed by atoms with van der Waals surface area (Å²) in [6, 6.07) is 22.6. The van der Waals surface area contributed by atoms with Crippen LogP contribution in [0.1, 0.15) is 26.3 Å². The Balaban J connectivity index is 0.000000924. The van der Waals surface area contributed by atoms with E-state index < -0.39 is 0 Å². The van der Waals surface area contributed by atoms with Gasteiger partial charge < -0.3 is 10.4 Å². The summed E-state index contributed by atoms with van der Waals surface area (Å²) in [4.78, 5) is 0. The minimum atomic E-state index is 0.294. The van der Waals surface area contributed by atoms with Gasteiger partial charge in [0.2, 0.25) is 0 Å². The second-order valence-electron chi connectivity index (χ2n) is 5.48. The predicted octanol–water partition coefficient (Wildman–Crippen LogP) is 5.61. The van der Waals surface area contributed by atoms with Gasteiger partial charge in [-0.3, -0.25) is 0 Å². The summed E-state index contributed by atoms with van der Waals surface area (Å²) in [5, 5.41) is 15.3. The lowest BCUT2D eigenvalue weighted by Crippen LogP contribution is -2.17. The average molecular weight is 307 g/mol. The van der Waals surface area contributed by atoms with Gasteiger partial charge in [0.25, 0.3) is 0 Å². The van der Waals surface area contributed by atoms with E-state index in [0.29, 0.717) is 11.8 Å². The molecular formula is C21H25NO. The Hall–Kier alpha value is -2.48. The summed E-state index contributed by atoms with van der Waals surface area (Å²) in [5.74, 6) is 0.294. The molecule has 0 aliphatic carbocycles. The van der Waals surface area contributed by atoms with Gasteiger partial charge in [-0.1, -0.05) is 56.3 Å². The first-order valence-corrected chi connectivity index (χ1v) is 8.24. The van der Waals surface area contributed by atoms with Crippen LogP contribution in [0.4, 0.5) is 5.69 Å². The van der Waals surface area contributed by atoms with E-state index in [-0.39, 0.29) is 0 Å². The number of phenolic OH excluding ortho intramolecular Hbond substituents is 1. The zero-order valence-electron chi connectivity index (χ0n) is 14.1. The van der Waals surface area contributed by atoms with Crippen molar-refractivity contribution in [3.8, 4) is 5.75 Å². The molecule has 0 aliphatic rings. The molecule has 3 aromatic rings. The van der Waals surface area contributed by atoms with E-state index in [1.165, 1.54) is 16.3 Å². The molecule has 0 heterocycles. The number of hydrogen-bond donors (Lipinski definition) is 2. The number of hydrogen-bond acceptors (Lipinski definition) is 2. The van der Waals surface area contributed by atoms with Crippen molar-refractivity contribution >= 4 is 16.5 Å². The number of rotatable bonds is 4. The van der Waals surface area contributed by atoms with Gasteiger partial charge in [0, 0.05) is 11.7 Å². The van der Waals surface area contributed by atoms with Crippen LogP contribution in [0.15, 0.2) is 66.7 Å². The molecule has 3 aromatic carbocycles. The number of fused-ring (bicyclic) bond motifs is 1.